The molecular formula is C10H20FNO. The van der Waals surface area contributed by atoms with E-state index < -0.39 is 6.17 Å². The van der Waals surface area contributed by atoms with E-state index in [4.69, 9.17) is 4.74 Å². The summed E-state index contributed by atoms with van der Waals surface area (Å²) in [5, 5.41) is 0. The van der Waals surface area contributed by atoms with Crippen LogP contribution in [0.25, 0.3) is 0 Å². The quantitative estimate of drug-likeness (QED) is 0.657. The molecule has 13 heavy (non-hydrogen) atoms. The van der Waals surface area contributed by atoms with Crippen molar-refractivity contribution in [3.05, 3.63) is 0 Å². The Hall–Kier alpha value is -0.150. The monoisotopic (exact) mass is 189 g/mol. The second-order valence-electron chi connectivity index (χ2n) is 4.01. The van der Waals surface area contributed by atoms with Gasteiger partial charge in [-0.05, 0) is 27.2 Å². The van der Waals surface area contributed by atoms with E-state index in [-0.39, 0.29) is 6.10 Å². The van der Waals surface area contributed by atoms with Crippen LogP contribution in [0, 0.1) is 0 Å². The molecule has 0 N–H and O–H groups in total. The molecule has 2 unspecified atom stereocenters. The van der Waals surface area contributed by atoms with Gasteiger partial charge in [0, 0.05) is 19.1 Å². The molecule has 2 nitrogen and oxygen atoms in total. The molecule has 1 aliphatic heterocycles. The van der Waals surface area contributed by atoms with Gasteiger partial charge in [-0.15, -0.1) is 0 Å². The van der Waals surface area contributed by atoms with Gasteiger partial charge in [0.05, 0.1) is 12.7 Å². The van der Waals surface area contributed by atoms with Crippen molar-refractivity contribution in [2.75, 3.05) is 19.7 Å². The Bertz CT molecular complexity index is 134. The Morgan fingerprint density at radius 1 is 1.31 bits per heavy atom. The molecule has 0 aromatic rings. The predicted octanol–water partition coefficient (Wildman–Crippen LogP) is 1.84. The second-order valence-corrected chi connectivity index (χ2v) is 4.01. The Kier molecular flexibility index (Phi) is 4.13. The summed E-state index contributed by atoms with van der Waals surface area (Å²) in [5.41, 5.74) is 0. The zero-order valence-corrected chi connectivity index (χ0v) is 8.79. The van der Waals surface area contributed by atoms with E-state index in [1.54, 1.807) is 6.92 Å². The molecule has 0 saturated carbocycles. The number of alkyl halides is 1. The van der Waals surface area contributed by atoms with Crippen molar-refractivity contribution < 1.29 is 9.13 Å². The highest BCUT2D eigenvalue weighted by Crippen LogP contribution is 2.14. The fourth-order valence-corrected chi connectivity index (χ4v) is 1.69. The van der Waals surface area contributed by atoms with Crippen LogP contribution in [0.1, 0.15) is 27.2 Å². The Morgan fingerprint density at radius 2 is 2.00 bits per heavy atom. The SMILES string of the molecule is CC(F)C1CCN(C(C)C)CCO1. The van der Waals surface area contributed by atoms with Crippen molar-refractivity contribution in [1.82, 2.24) is 4.90 Å². The van der Waals surface area contributed by atoms with Crippen molar-refractivity contribution in [2.24, 2.45) is 0 Å². The summed E-state index contributed by atoms with van der Waals surface area (Å²) in [4.78, 5) is 2.34. The minimum absolute atomic E-state index is 0.191. The van der Waals surface area contributed by atoms with Gasteiger partial charge in [-0.25, -0.2) is 4.39 Å². The molecule has 0 aliphatic carbocycles. The first-order valence-electron chi connectivity index (χ1n) is 5.11. The third-order valence-corrected chi connectivity index (χ3v) is 2.65. The number of nitrogens with zero attached hydrogens (tertiary/aromatic N) is 1. The topological polar surface area (TPSA) is 12.5 Å². The minimum Gasteiger partial charge on any atom is -0.374 e. The largest absolute Gasteiger partial charge is 0.374 e. The minimum atomic E-state index is -0.841. The Balaban J connectivity index is 2.39. The van der Waals surface area contributed by atoms with E-state index >= 15 is 0 Å². The third kappa shape index (κ3) is 3.24. The zero-order valence-electron chi connectivity index (χ0n) is 8.79. The van der Waals surface area contributed by atoms with Crippen molar-refractivity contribution in [1.29, 1.82) is 0 Å². The molecule has 0 radical (unpaired) electrons. The van der Waals surface area contributed by atoms with Crippen LogP contribution in [0.3, 0.4) is 0 Å². The first kappa shape index (κ1) is 10.9. The lowest BCUT2D eigenvalue weighted by molar-refractivity contribution is 0.0117. The normalized spacial score (nSPS) is 28.8. The van der Waals surface area contributed by atoms with Gasteiger partial charge in [0.15, 0.2) is 0 Å². The van der Waals surface area contributed by atoms with Crippen LogP contribution in [-0.2, 0) is 4.74 Å². The first-order chi connectivity index (χ1) is 6.11. The van der Waals surface area contributed by atoms with Crippen molar-refractivity contribution in [3.63, 3.8) is 0 Å². The van der Waals surface area contributed by atoms with E-state index in [0.717, 1.165) is 19.5 Å². The summed E-state index contributed by atoms with van der Waals surface area (Å²) in [6.45, 7) is 8.46. The van der Waals surface area contributed by atoms with Gasteiger partial charge in [0.2, 0.25) is 0 Å². The summed E-state index contributed by atoms with van der Waals surface area (Å²) in [7, 11) is 0. The van der Waals surface area contributed by atoms with Crippen LogP contribution < -0.4 is 0 Å². The van der Waals surface area contributed by atoms with E-state index in [1.165, 1.54) is 0 Å². The molecule has 0 amide bonds. The van der Waals surface area contributed by atoms with Gasteiger partial charge in [-0.2, -0.15) is 0 Å². The number of rotatable bonds is 2. The summed E-state index contributed by atoms with van der Waals surface area (Å²) in [6, 6.07) is 0.539. The van der Waals surface area contributed by atoms with Gasteiger partial charge in [-0.1, -0.05) is 0 Å². The average Bonchev–Trinajstić information content (AvgIpc) is 2.27. The maximum Gasteiger partial charge on any atom is 0.123 e. The predicted molar refractivity (Wildman–Crippen MR) is 51.6 cm³/mol. The van der Waals surface area contributed by atoms with Gasteiger partial charge < -0.3 is 4.74 Å². The molecule has 78 valence electrons. The highest BCUT2D eigenvalue weighted by Gasteiger charge is 2.22. The molecule has 1 rings (SSSR count). The number of ether oxygens (including phenoxy) is 1. The number of hydrogen-bond acceptors (Lipinski definition) is 2. The summed E-state index contributed by atoms with van der Waals surface area (Å²) in [6.07, 6.45) is -0.216. The molecule has 1 fully saturated rings. The lowest BCUT2D eigenvalue weighted by Crippen LogP contribution is -2.33. The van der Waals surface area contributed by atoms with Crippen LogP contribution >= 0.6 is 0 Å². The van der Waals surface area contributed by atoms with Crippen LogP contribution in [0.2, 0.25) is 0 Å². The average molecular weight is 189 g/mol. The summed E-state index contributed by atoms with van der Waals surface area (Å²) >= 11 is 0. The van der Waals surface area contributed by atoms with Gasteiger partial charge in [0.1, 0.15) is 6.17 Å². The van der Waals surface area contributed by atoms with Crippen molar-refractivity contribution >= 4 is 0 Å². The molecule has 0 aromatic heterocycles. The molecule has 1 heterocycles. The molecule has 1 saturated heterocycles. The van der Waals surface area contributed by atoms with E-state index in [0.29, 0.717) is 12.6 Å². The molecule has 3 heteroatoms. The van der Waals surface area contributed by atoms with E-state index in [2.05, 4.69) is 18.7 Å². The van der Waals surface area contributed by atoms with Gasteiger partial charge >= 0.3 is 0 Å². The lowest BCUT2D eigenvalue weighted by Gasteiger charge is -2.23. The maximum absolute atomic E-state index is 13.0. The van der Waals surface area contributed by atoms with Crippen molar-refractivity contribution in [2.45, 2.75) is 45.5 Å². The van der Waals surface area contributed by atoms with Crippen LogP contribution in [0.5, 0.6) is 0 Å². The van der Waals surface area contributed by atoms with E-state index in [1.807, 2.05) is 0 Å². The van der Waals surface area contributed by atoms with Gasteiger partial charge in [0.25, 0.3) is 0 Å². The van der Waals surface area contributed by atoms with Gasteiger partial charge in [-0.3, -0.25) is 4.90 Å². The zero-order chi connectivity index (χ0) is 9.84. The second kappa shape index (κ2) is 4.91. The molecule has 0 bridgehead atoms. The Labute approximate surface area is 80.1 Å². The summed E-state index contributed by atoms with van der Waals surface area (Å²) < 4.78 is 18.4. The molecule has 0 spiro atoms. The van der Waals surface area contributed by atoms with Crippen LogP contribution in [0.4, 0.5) is 4.39 Å². The smallest absolute Gasteiger partial charge is 0.123 e. The van der Waals surface area contributed by atoms with Crippen molar-refractivity contribution in [3.8, 4) is 0 Å². The third-order valence-electron chi connectivity index (χ3n) is 2.65. The fraction of sp³-hybridized carbons (Fsp3) is 1.00. The molecule has 1 aliphatic rings. The van der Waals surface area contributed by atoms with E-state index in [9.17, 15) is 4.39 Å². The molecule has 2 atom stereocenters. The molecular weight excluding hydrogens is 169 g/mol. The highest BCUT2D eigenvalue weighted by molar-refractivity contribution is 4.73. The van der Waals surface area contributed by atoms with Crippen LogP contribution in [0.15, 0.2) is 0 Å². The lowest BCUT2D eigenvalue weighted by atomic mass is 10.1. The highest BCUT2D eigenvalue weighted by atomic mass is 19.1. The van der Waals surface area contributed by atoms with Crippen LogP contribution in [-0.4, -0.2) is 42.9 Å². The first-order valence-corrected chi connectivity index (χ1v) is 5.11. The molecule has 0 aromatic carbocycles. The Morgan fingerprint density at radius 3 is 2.54 bits per heavy atom. The standard InChI is InChI=1S/C10H20FNO/c1-8(2)12-5-4-10(9(3)11)13-7-6-12/h8-10H,4-7H2,1-3H3. The number of hydrogen-bond donors (Lipinski definition) is 0. The maximum atomic E-state index is 13.0. The number of halogens is 1. The fourth-order valence-electron chi connectivity index (χ4n) is 1.69. The summed E-state index contributed by atoms with van der Waals surface area (Å²) in [5.74, 6) is 0.